The highest BCUT2D eigenvalue weighted by molar-refractivity contribution is 8.18. The molecule has 3 amide bonds. The Kier molecular flexibility index (Phi) is 7.07. The molecule has 1 aromatic heterocycles. The number of nitrogens with one attached hydrogen (secondary N) is 1. The molecular formula is C20H22N4O4S. The van der Waals surface area contributed by atoms with Crippen molar-refractivity contribution in [2.45, 2.75) is 19.4 Å². The third kappa shape index (κ3) is 5.71. The molecule has 0 atom stereocenters. The van der Waals surface area contributed by atoms with Gasteiger partial charge in [-0.2, -0.15) is 0 Å². The van der Waals surface area contributed by atoms with E-state index >= 15 is 0 Å². The first-order valence-electron chi connectivity index (χ1n) is 9.18. The maximum absolute atomic E-state index is 12.5. The predicted octanol–water partition coefficient (Wildman–Crippen LogP) is 2.52. The van der Waals surface area contributed by atoms with Crippen molar-refractivity contribution in [2.24, 2.45) is 0 Å². The van der Waals surface area contributed by atoms with Crippen LogP contribution in [0.4, 0.5) is 4.79 Å². The van der Waals surface area contributed by atoms with E-state index in [2.05, 4.69) is 10.3 Å². The van der Waals surface area contributed by atoms with Gasteiger partial charge in [0, 0.05) is 38.4 Å². The molecule has 1 aliphatic rings. The summed E-state index contributed by atoms with van der Waals surface area (Å²) in [5, 5.41) is 2.45. The summed E-state index contributed by atoms with van der Waals surface area (Å²) in [5.41, 5.74) is 0.798. The van der Waals surface area contributed by atoms with Crippen LogP contribution in [0.5, 0.6) is 5.75 Å². The molecule has 0 bridgehead atoms. The molecule has 2 heterocycles. The Balaban J connectivity index is 1.45. The van der Waals surface area contributed by atoms with Crippen molar-refractivity contribution in [1.82, 2.24) is 19.8 Å². The highest BCUT2D eigenvalue weighted by atomic mass is 32.2. The lowest BCUT2D eigenvalue weighted by atomic mass is 10.2. The highest BCUT2D eigenvalue weighted by Crippen LogP contribution is 2.32. The zero-order valence-corrected chi connectivity index (χ0v) is 16.9. The number of hydrogen-bond donors (Lipinski definition) is 1. The summed E-state index contributed by atoms with van der Waals surface area (Å²) in [6, 6.07) is 7.19. The van der Waals surface area contributed by atoms with E-state index in [0.717, 1.165) is 35.2 Å². The van der Waals surface area contributed by atoms with Gasteiger partial charge in [0.1, 0.15) is 5.75 Å². The zero-order valence-electron chi connectivity index (χ0n) is 16.0. The molecule has 0 radical (unpaired) electrons. The number of carbonyl (C=O) groups is 3. The summed E-state index contributed by atoms with van der Waals surface area (Å²) < 4.78 is 7.04. The van der Waals surface area contributed by atoms with Crippen LogP contribution >= 0.6 is 11.8 Å². The second-order valence-electron chi connectivity index (χ2n) is 6.36. The smallest absolute Gasteiger partial charge is 0.293 e. The van der Waals surface area contributed by atoms with Crippen LogP contribution in [-0.4, -0.2) is 51.7 Å². The summed E-state index contributed by atoms with van der Waals surface area (Å²) in [6.45, 7) is 1.35. The van der Waals surface area contributed by atoms with Gasteiger partial charge < -0.3 is 14.6 Å². The standard InChI is InChI=1S/C20H22N4O4S/c1-28-16-5-3-15(4-6-16)13-17-19(26)24(20(27)29-17)11-7-18(25)22-8-2-10-23-12-9-21-14-23/h3-6,9,12-14H,2,7-8,10-11H2,1H3,(H,22,25). The van der Waals surface area contributed by atoms with E-state index in [1.54, 1.807) is 37.8 Å². The van der Waals surface area contributed by atoms with Crippen LogP contribution in [0.2, 0.25) is 0 Å². The van der Waals surface area contributed by atoms with Crippen LogP contribution < -0.4 is 10.1 Å². The molecule has 8 nitrogen and oxygen atoms in total. The number of imide groups is 1. The van der Waals surface area contributed by atoms with Crippen molar-refractivity contribution in [2.75, 3.05) is 20.2 Å². The Labute approximate surface area is 172 Å². The van der Waals surface area contributed by atoms with Gasteiger partial charge in [0.2, 0.25) is 5.91 Å². The lowest BCUT2D eigenvalue weighted by Gasteiger charge is -2.12. The fraction of sp³-hybridized carbons (Fsp3) is 0.300. The predicted molar refractivity (Wildman–Crippen MR) is 110 cm³/mol. The quantitative estimate of drug-likeness (QED) is 0.501. The molecule has 9 heteroatoms. The normalized spacial score (nSPS) is 15.2. The summed E-state index contributed by atoms with van der Waals surface area (Å²) in [7, 11) is 1.58. The minimum absolute atomic E-state index is 0.0674. The molecule has 1 aromatic carbocycles. The number of hydrogen-bond acceptors (Lipinski definition) is 6. The van der Waals surface area contributed by atoms with Crippen LogP contribution in [0.25, 0.3) is 6.08 Å². The summed E-state index contributed by atoms with van der Waals surface area (Å²) in [5.74, 6) is 0.156. The number of aryl methyl sites for hydroxylation is 1. The van der Waals surface area contributed by atoms with Gasteiger partial charge in [-0.1, -0.05) is 12.1 Å². The molecule has 0 aliphatic carbocycles. The van der Waals surface area contributed by atoms with Crippen molar-refractivity contribution >= 4 is 34.9 Å². The number of benzene rings is 1. The van der Waals surface area contributed by atoms with E-state index in [1.807, 2.05) is 22.9 Å². The van der Waals surface area contributed by atoms with E-state index in [4.69, 9.17) is 4.74 Å². The topological polar surface area (TPSA) is 93.5 Å². The largest absolute Gasteiger partial charge is 0.497 e. The number of amides is 3. The van der Waals surface area contributed by atoms with Crippen LogP contribution in [-0.2, 0) is 16.1 Å². The number of aromatic nitrogens is 2. The van der Waals surface area contributed by atoms with Crippen molar-refractivity contribution < 1.29 is 19.1 Å². The van der Waals surface area contributed by atoms with Gasteiger partial charge in [-0.3, -0.25) is 19.3 Å². The summed E-state index contributed by atoms with van der Waals surface area (Å²) in [6.07, 6.45) is 7.81. The second-order valence-corrected chi connectivity index (χ2v) is 7.35. The minimum atomic E-state index is -0.372. The molecular weight excluding hydrogens is 392 g/mol. The molecule has 0 spiro atoms. The van der Waals surface area contributed by atoms with E-state index in [1.165, 1.54) is 0 Å². The second kappa shape index (κ2) is 9.92. The van der Waals surface area contributed by atoms with Gasteiger partial charge in [-0.25, -0.2) is 4.98 Å². The van der Waals surface area contributed by atoms with Crippen LogP contribution in [0, 0.1) is 0 Å². The maximum Gasteiger partial charge on any atom is 0.293 e. The van der Waals surface area contributed by atoms with Gasteiger partial charge in [-0.15, -0.1) is 0 Å². The number of methoxy groups -OCH3 is 1. The molecule has 1 saturated heterocycles. The van der Waals surface area contributed by atoms with E-state index in [-0.39, 0.29) is 30.0 Å². The van der Waals surface area contributed by atoms with E-state index in [9.17, 15) is 14.4 Å². The monoisotopic (exact) mass is 414 g/mol. The Morgan fingerprint density at radius 3 is 2.72 bits per heavy atom. The number of thioether (sulfide) groups is 1. The Hall–Kier alpha value is -3.07. The molecule has 29 heavy (non-hydrogen) atoms. The average Bonchev–Trinajstić information content (AvgIpc) is 3.33. The minimum Gasteiger partial charge on any atom is -0.497 e. The van der Waals surface area contributed by atoms with Crippen molar-refractivity contribution in [3.8, 4) is 5.75 Å². The molecule has 152 valence electrons. The van der Waals surface area contributed by atoms with E-state index in [0.29, 0.717) is 17.2 Å². The fourth-order valence-electron chi connectivity index (χ4n) is 2.75. The SMILES string of the molecule is COc1ccc(C=C2SC(=O)N(CCC(=O)NCCCn3ccnc3)C2=O)cc1. The third-order valence-electron chi connectivity index (χ3n) is 4.32. The first-order valence-corrected chi connectivity index (χ1v) is 10.0. The van der Waals surface area contributed by atoms with Gasteiger partial charge in [0.05, 0.1) is 18.3 Å². The van der Waals surface area contributed by atoms with Gasteiger partial charge in [0.15, 0.2) is 0 Å². The molecule has 3 rings (SSSR count). The van der Waals surface area contributed by atoms with E-state index < -0.39 is 0 Å². The molecule has 0 unspecified atom stereocenters. The lowest BCUT2D eigenvalue weighted by molar-refractivity contribution is -0.124. The first-order chi connectivity index (χ1) is 14.1. The van der Waals surface area contributed by atoms with Crippen LogP contribution in [0.3, 0.4) is 0 Å². The number of nitrogens with zero attached hydrogens (tertiary/aromatic N) is 3. The summed E-state index contributed by atoms with van der Waals surface area (Å²) >= 11 is 0.885. The lowest BCUT2D eigenvalue weighted by Crippen LogP contribution is -2.34. The molecule has 1 aliphatic heterocycles. The maximum atomic E-state index is 12.5. The fourth-order valence-corrected chi connectivity index (χ4v) is 3.62. The van der Waals surface area contributed by atoms with Crippen LogP contribution in [0.1, 0.15) is 18.4 Å². The van der Waals surface area contributed by atoms with Crippen molar-refractivity contribution in [3.63, 3.8) is 0 Å². The zero-order chi connectivity index (χ0) is 20.6. The summed E-state index contributed by atoms with van der Waals surface area (Å²) in [4.78, 5) is 42.1. The van der Waals surface area contributed by atoms with Gasteiger partial charge in [-0.05, 0) is 42.0 Å². The van der Waals surface area contributed by atoms with Gasteiger partial charge in [0.25, 0.3) is 11.1 Å². The van der Waals surface area contributed by atoms with Crippen molar-refractivity contribution in [3.05, 3.63) is 53.5 Å². The highest BCUT2D eigenvalue weighted by Gasteiger charge is 2.34. The first kappa shape index (κ1) is 20.7. The Morgan fingerprint density at radius 2 is 2.03 bits per heavy atom. The molecule has 1 N–H and O–H groups in total. The number of imidazole rings is 1. The molecule has 1 fully saturated rings. The Bertz CT molecular complexity index is 894. The molecule has 2 aromatic rings. The average molecular weight is 414 g/mol. The van der Waals surface area contributed by atoms with Crippen LogP contribution in [0.15, 0.2) is 47.9 Å². The Morgan fingerprint density at radius 1 is 1.24 bits per heavy atom. The third-order valence-corrected chi connectivity index (χ3v) is 5.23. The number of ether oxygens (including phenoxy) is 1. The number of carbonyl (C=O) groups excluding carboxylic acids is 3. The number of rotatable bonds is 9. The van der Waals surface area contributed by atoms with Crippen molar-refractivity contribution in [1.29, 1.82) is 0 Å². The van der Waals surface area contributed by atoms with Gasteiger partial charge >= 0.3 is 0 Å². The molecule has 0 saturated carbocycles.